The summed E-state index contributed by atoms with van der Waals surface area (Å²) in [6.07, 6.45) is 1.02. The number of allylic oxidation sites excluding steroid dienone is 1. The topological polar surface area (TPSA) is 69.6 Å². The predicted molar refractivity (Wildman–Crippen MR) is 190 cm³/mol. The van der Waals surface area contributed by atoms with E-state index in [1.165, 1.54) is 5.56 Å². The van der Waals surface area contributed by atoms with Crippen molar-refractivity contribution in [1.82, 2.24) is 0 Å². The lowest BCUT2D eigenvalue weighted by atomic mass is 9.74. The standard InChI is InChI=1S/C41H52N2O3/c1-24(2)38(46)43-33-15-13-12-14-31(33)42-32-22-26(25-16-18-28(19-17-25)39(3,4)5)23-34(44)35(32)36(43)27-20-29(40(6,7)8)37(45)30(21-27)41(9,10)11/h12-21,24,26,36,42,45H,22-23H2,1-11H3. The average Bonchev–Trinajstić information content (AvgIpc) is 3.10. The van der Waals surface area contributed by atoms with E-state index < -0.39 is 6.04 Å². The summed E-state index contributed by atoms with van der Waals surface area (Å²) in [7, 11) is 0. The fourth-order valence-electron chi connectivity index (χ4n) is 6.88. The number of Topliss-reactive ketones (excluding diaryl/α,β-unsaturated/α-hetero) is 1. The van der Waals surface area contributed by atoms with Crippen molar-refractivity contribution < 1.29 is 14.7 Å². The SMILES string of the molecule is CC(C)C(=O)N1c2ccccc2NC2=C(C(=O)CC(c3ccc(C(C)(C)C)cc3)C2)C1c1cc(C(C)(C)C)c(O)c(C(C)(C)C)c1. The summed E-state index contributed by atoms with van der Waals surface area (Å²) in [6.45, 7) is 23.0. The van der Waals surface area contributed by atoms with Gasteiger partial charge in [-0.3, -0.25) is 14.5 Å². The van der Waals surface area contributed by atoms with Gasteiger partial charge in [0, 0.05) is 23.6 Å². The number of hydrogen-bond acceptors (Lipinski definition) is 4. The van der Waals surface area contributed by atoms with Gasteiger partial charge in [0.2, 0.25) is 5.91 Å². The maximum absolute atomic E-state index is 14.6. The van der Waals surface area contributed by atoms with Crippen LogP contribution in [0.5, 0.6) is 5.75 Å². The molecule has 1 amide bonds. The van der Waals surface area contributed by atoms with E-state index in [9.17, 15) is 14.7 Å². The number of anilines is 2. The minimum absolute atomic E-state index is 0.0167. The van der Waals surface area contributed by atoms with Crippen molar-refractivity contribution in [2.24, 2.45) is 5.92 Å². The van der Waals surface area contributed by atoms with Crippen LogP contribution in [0.25, 0.3) is 0 Å². The van der Waals surface area contributed by atoms with Crippen LogP contribution < -0.4 is 10.2 Å². The number of nitrogens with one attached hydrogen (secondary N) is 1. The number of rotatable bonds is 3. The molecule has 2 atom stereocenters. The maximum Gasteiger partial charge on any atom is 0.230 e. The second kappa shape index (κ2) is 11.7. The number of fused-ring (bicyclic) bond motifs is 1. The maximum atomic E-state index is 14.6. The van der Waals surface area contributed by atoms with Gasteiger partial charge in [-0.1, -0.05) is 113 Å². The Morgan fingerprint density at radius 2 is 1.37 bits per heavy atom. The molecule has 0 fully saturated rings. The number of aromatic hydroxyl groups is 1. The van der Waals surface area contributed by atoms with Gasteiger partial charge in [-0.05, 0) is 80.7 Å². The largest absolute Gasteiger partial charge is 0.507 e. The molecule has 0 saturated carbocycles. The molecule has 5 nitrogen and oxygen atoms in total. The zero-order valence-electron chi connectivity index (χ0n) is 29.6. The quantitative estimate of drug-likeness (QED) is 0.306. The Kier molecular flexibility index (Phi) is 8.55. The Morgan fingerprint density at radius 3 is 1.89 bits per heavy atom. The molecule has 2 N–H and O–H groups in total. The first-order valence-electron chi connectivity index (χ1n) is 16.7. The van der Waals surface area contributed by atoms with Crippen LogP contribution in [0.3, 0.4) is 0 Å². The number of phenolic OH excluding ortho intramolecular Hbond substituents is 1. The number of carbonyl (C=O) groups excluding carboxylic acids is 2. The van der Waals surface area contributed by atoms with Crippen molar-refractivity contribution >= 4 is 23.1 Å². The molecule has 1 aliphatic heterocycles. The number of ketones is 1. The van der Waals surface area contributed by atoms with E-state index in [1.807, 2.05) is 55.1 Å². The number of nitrogens with zero attached hydrogens (tertiary/aromatic N) is 1. The van der Waals surface area contributed by atoms with E-state index in [0.717, 1.165) is 39.3 Å². The zero-order valence-corrected chi connectivity index (χ0v) is 29.6. The van der Waals surface area contributed by atoms with Gasteiger partial charge < -0.3 is 10.4 Å². The smallest absolute Gasteiger partial charge is 0.230 e. The van der Waals surface area contributed by atoms with Gasteiger partial charge in [-0.2, -0.15) is 0 Å². The van der Waals surface area contributed by atoms with Crippen LogP contribution in [0, 0.1) is 5.92 Å². The van der Waals surface area contributed by atoms with Crippen molar-refractivity contribution in [2.45, 2.75) is 117 Å². The Hall–Kier alpha value is -3.86. The molecule has 0 radical (unpaired) electrons. The van der Waals surface area contributed by atoms with E-state index in [2.05, 4.69) is 91.9 Å². The molecule has 0 aromatic heterocycles. The third kappa shape index (κ3) is 6.26. The third-order valence-corrected chi connectivity index (χ3v) is 9.53. The van der Waals surface area contributed by atoms with E-state index >= 15 is 0 Å². The fourth-order valence-corrected chi connectivity index (χ4v) is 6.88. The number of para-hydroxylation sites is 2. The number of hydrogen-bond donors (Lipinski definition) is 2. The molecule has 0 spiro atoms. The van der Waals surface area contributed by atoms with Gasteiger partial charge in [0.15, 0.2) is 5.78 Å². The highest BCUT2D eigenvalue weighted by Crippen LogP contribution is 2.50. The predicted octanol–water partition coefficient (Wildman–Crippen LogP) is 9.84. The zero-order chi connectivity index (χ0) is 33.9. The summed E-state index contributed by atoms with van der Waals surface area (Å²) in [5, 5.41) is 15.3. The highest BCUT2D eigenvalue weighted by Gasteiger charge is 2.43. The Labute approximate surface area is 276 Å². The minimum Gasteiger partial charge on any atom is -0.507 e. The van der Waals surface area contributed by atoms with Gasteiger partial charge >= 0.3 is 0 Å². The van der Waals surface area contributed by atoms with Gasteiger partial charge in [0.1, 0.15) is 5.75 Å². The second-order valence-corrected chi connectivity index (χ2v) is 16.7. The van der Waals surface area contributed by atoms with Crippen molar-refractivity contribution in [3.63, 3.8) is 0 Å². The van der Waals surface area contributed by atoms with Gasteiger partial charge in [-0.15, -0.1) is 0 Å². The molecule has 3 aromatic carbocycles. The van der Waals surface area contributed by atoms with Crippen molar-refractivity contribution in [3.8, 4) is 5.75 Å². The van der Waals surface area contributed by atoms with Crippen LogP contribution in [0.15, 0.2) is 71.9 Å². The summed E-state index contributed by atoms with van der Waals surface area (Å²) >= 11 is 0. The van der Waals surface area contributed by atoms with Gasteiger partial charge in [0.25, 0.3) is 0 Å². The molecule has 46 heavy (non-hydrogen) atoms. The van der Waals surface area contributed by atoms with Crippen LogP contribution in [0.4, 0.5) is 11.4 Å². The van der Waals surface area contributed by atoms with Crippen molar-refractivity contribution in [1.29, 1.82) is 0 Å². The number of carbonyl (C=O) groups is 2. The fraction of sp³-hybridized carbons (Fsp3) is 0.463. The van der Waals surface area contributed by atoms with Crippen LogP contribution in [-0.4, -0.2) is 16.8 Å². The Balaban J connectivity index is 1.78. The molecule has 244 valence electrons. The minimum atomic E-state index is -0.652. The molecule has 0 saturated heterocycles. The highest BCUT2D eigenvalue weighted by atomic mass is 16.3. The summed E-state index contributed by atoms with van der Waals surface area (Å²) in [5.74, 6) is -0.0144. The first-order chi connectivity index (χ1) is 21.3. The Bertz CT molecular complexity index is 1660. The summed E-state index contributed by atoms with van der Waals surface area (Å²) in [4.78, 5) is 30.8. The van der Waals surface area contributed by atoms with Crippen LogP contribution in [-0.2, 0) is 25.8 Å². The van der Waals surface area contributed by atoms with Crippen LogP contribution in [0.1, 0.15) is 129 Å². The average molecular weight is 621 g/mol. The lowest BCUT2D eigenvalue weighted by molar-refractivity contribution is -0.121. The van der Waals surface area contributed by atoms with Crippen LogP contribution in [0.2, 0.25) is 0 Å². The summed E-state index contributed by atoms with van der Waals surface area (Å²) < 4.78 is 0. The summed E-state index contributed by atoms with van der Waals surface area (Å²) in [5.41, 5.74) is 7.23. The number of benzene rings is 3. The lowest BCUT2D eigenvalue weighted by Gasteiger charge is -2.37. The molecular formula is C41H52N2O3. The van der Waals surface area contributed by atoms with Crippen molar-refractivity contribution in [2.75, 3.05) is 10.2 Å². The van der Waals surface area contributed by atoms with E-state index in [-0.39, 0.29) is 45.5 Å². The van der Waals surface area contributed by atoms with E-state index in [4.69, 9.17) is 0 Å². The molecule has 0 bridgehead atoms. The molecule has 1 aliphatic carbocycles. The van der Waals surface area contributed by atoms with Gasteiger partial charge in [0.05, 0.1) is 17.4 Å². The molecule has 2 unspecified atom stereocenters. The molecule has 2 aliphatic rings. The molecule has 1 heterocycles. The third-order valence-electron chi connectivity index (χ3n) is 9.53. The van der Waals surface area contributed by atoms with E-state index in [1.54, 1.807) is 0 Å². The molecule has 5 rings (SSSR count). The number of phenols is 1. The van der Waals surface area contributed by atoms with Gasteiger partial charge in [-0.25, -0.2) is 0 Å². The first-order valence-corrected chi connectivity index (χ1v) is 16.7. The Morgan fingerprint density at radius 1 is 0.804 bits per heavy atom. The lowest BCUT2D eigenvalue weighted by Crippen LogP contribution is -2.41. The van der Waals surface area contributed by atoms with Crippen LogP contribution >= 0.6 is 0 Å². The monoisotopic (exact) mass is 620 g/mol. The number of amides is 1. The van der Waals surface area contributed by atoms with Crippen molar-refractivity contribution in [3.05, 3.63) is 99.8 Å². The first kappa shape index (κ1) is 33.5. The second-order valence-electron chi connectivity index (χ2n) is 16.7. The highest BCUT2D eigenvalue weighted by molar-refractivity contribution is 6.07. The van der Waals surface area contributed by atoms with E-state index in [0.29, 0.717) is 18.4 Å². The normalized spacial score (nSPS) is 19.0. The molecule has 3 aromatic rings. The molecule has 5 heteroatoms. The summed E-state index contributed by atoms with van der Waals surface area (Å²) in [6, 6.07) is 20.0. The molecular weight excluding hydrogens is 568 g/mol.